The van der Waals surface area contributed by atoms with Crippen molar-refractivity contribution in [3.05, 3.63) is 95.7 Å². The van der Waals surface area contributed by atoms with Gasteiger partial charge in [0.1, 0.15) is 0 Å². The second-order valence-corrected chi connectivity index (χ2v) is 8.05. The summed E-state index contributed by atoms with van der Waals surface area (Å²) in [5.74, 6) is -2.03. The van der Waals surface area contributed by atoms with Crippen LogP contribution in [-0.4, -0.2) is 38.7 Å². The zero-order chi connectivity index (χ0) is 25.5. The average Bonchev–Trinajstić information content (AvgIpc) is 3.52. The Morgan fingerprint density at radius 2 is 1.67 bits per heavy atom. The van der Waals surface area contributed by atoms with E-state index in [1.807, 2.05) is 35.0 Å². The standard InChI is InChI=1S/C25H23N3O2.C2H2O4/c1-18-6-5-7-20(12-18)25-21(16-28(27-25)22-8-3-2-4-9-22)15-26-14-19-10-11-23-24(13-19)30-17-29-23;3-1(4)2(5)6/h2-13,16,26H,14-15,17H2,1H3;(H,3,4)(H,5,6). The molecule has 9 heteroatoms. The fraction of sp³-hybridized carbons (Fsp3) is 0.148. The van der Waals surface area contributed by atoms with Crippen LogP contribution >= 0.6 is 0 Å². The van der Waals surface area contributed by atoms with Crippen LogP contribution < -0.4 is 14.8 Å². The van der Waals surface area contributed by atoms with Gasteiger partial charge in [0.15, 0.2) is 11.5 Å². The first-order chi connectivity index (χ1) is 17.4. The number of nitrogens with one attached hydrogen (secondary N) is 1. The summed E-state index contributed by atoms with van der Waals surface area (Å²) in [5.41, 5.74) is 6.72. The zero-order valence-corrected chi connectivity index (χ0v) is 19.5. The van der Waals surface area contributed by atoms with E-state index in [-0.39, 0.29) is 0 Å². The van der Waals surface area contributed by atoms with E-state index in [1.54, 1.807) is 0 Å². The van der Waals surface area contributed by atoms with E-state index in [0.717, 1.165) is 46.1 Å². The number of nitrogens with zero attached hydrogens (tertiary/aromatic N) is 2. The molecule has 4 aromatic rings. The Kier molecular flexibility index (Phi) is 7.62. The SMILES string of the molecule is Cc1cccc(-c2nn(-c3ccccc3)cc2CNCc2ccc3c(c2)OCO3)c1.O=C(O)C(=O)O. The fourth-order valence-electron chi connectivity index (χ4n) is 3.68. The molecule has 0 unspecified atom stereocenters. The van der Waals surface area contributed by atoms with Gasteiger partial charge >= 0.3 is 11.9 Å². The first kappa shape index (κ1) is 24.5. The number of para-hydroxylation sites is 1. The largest absolute Gasteiger partial charge is 0.473 e. The van der Waals surface area contributed by atoms with Crippen LogP contribution in [0.3, 0.4) is 0 Å². The minimum Gasteiger partial charge on any atom is -0.473 e. The van der Waals surface area contributed by atoms with Crippen molar-refractivity contribution in [1.82, 2.24) is 15.1 Å². The summed E-state index contributed by atoms with van der Waals surface area (Å²) >= 11 is 0. The van der Waals surface area contributed by atoms with Crippen molar-refractivity contribution in [3.8, 4) is 28.4 Å². The topological polar surface area (TPSA) is 123 Å². The van der Waals surface area contributed by atoms with Crippen LogP contribution in [0.2, 0.25) is 0 Å². The first-order valence-corrected chi connectivity index (χ1v) is 11.2. The zero-order valence-electron chi connectivity index (χ0n) is 19.5. The smallest absolute Gasteiger partial charge is 0.414 e. The lowest BCUT2D eigenvalue weighted by atomic mass is 10.1. The van der Waals surface area contributed by atoms with Gasteiger partial charge in [0, 0.05) is 30.4 Å². The number of aromatic nitrogens is 2. The third-order valence-corrected chi connectivity index (χ3v) is 5.37. The van der Waals surface area contributed by atoms with Crippen molar-refractivity contribution in [2.45, 2.75) is 20.0 Å². The summed E-state index contributed by atoms with van der Waals surface area (Å²) in [6.07, 6.45) is 2.11. The second-order valence-electron chi connectivity index (χ2n) is 8.05. The molecular weight excluding hydrogens is 462 g/mol. The van der Waals surface area contributed by atoms with Gasteiger partial charge in [0.25, 0.3) is 0 Å². The molecule has 3 N–H and O–H groups in total. The van der Waals surface area contributed by atoms with Crippen molar-refractivity contribution < 1.29 is 29.3 Å². The number of aryl methyl sites for hydroxylation is 1. The third kappa shape index (κ3) is 6.08. The number of carboxylic acids is 2. The molecule has 1 aromatic heterocycles. The van der Waals surface area contributed by atoms with Crippen molar-refractivity contribution in [2.75, 3.05) is 6.79 Å². The highest BCUT2D eigenvalue weighted by Crippen LogP contribution is 2.32. The van der Waals surface area contributed by atoms with E-state index in [2.05, 4.69) is 60.9 Å². The number of hydrogen-bond donors (Lipinski definition) is 3. The molecule has 1 aliphatic rings. The molecule has 3 aromatic carbocycles. The molecule has 0 radical (unpaired) electrons. The van der Waals surface area contributed by atoms with Gasteiger partial charge in [-0.3, -0.25) is 0 Å². The molecule has 0 fully saturated rings. The molecule has 1 aliphatic heterocycles. The first-order valence-electron chi connectivity index (χ1n) is 11.2. The quantitative estimate of drug-likeness (QED) is 0.349. The van der Waals surface area contributed by atoms with E-state index in [1.165, 1.54) is 5.56 Å². The van der Waals surface area contributed by atoms with Crippen LogP contribution in [0.4, 0.5) is 0 Å². The van der Waals surface area contributed by atoms with Gasteiger partial charge in [-0.25, -0.2) is 14.3 Å². The summed E-state index contributed by atoms with van der Waals surface area (Å²) in [4.78, 5) is 18.2. The lowest BCUT2D eigenvalue weighted by Crippen LogP contribution is -2.12. The lowest BCUT2D eigenvalue weighted by Gasteiger charge is -2.07. The highest BCUT2D eigenvalue weighted by molar-refractivity contribution is 6.27. The van der Waals surface area contributed by atoms with Crippen LogP contribution in [-0.2, 0) is 22.7 Å². The predicted molar refractivity (Wildman–Crippen MR) is 132 cm³/mol. The van der Waals surface area contributed by atoms with Crippen molar-refractivity contribution in [3.63, 3.8) is 0 Å². The minimum absolute atomic E-state index is 0.296. The molecule has 0 aliphatic carbocycles. The van der Waals surface area contributed by atoms with Crippen molar-refractivity contribution in [1.29, 1.82) is 0 Å². The molecule has 0 saturated heterocycles. The maximum atomic E-state index is 9.10. The maximum absolute atomic E-state index is 9.10. The molecule has 5 rings (SSSR count). The predicted octanol–water partition coefficient (Wildman–Crippen LogP) is 4.02. The molecule has 184 valence electrons. The number of carbonyl (C=O) groups is 2. The molecule has 9 nitrogen and oxygen atoms in total. The fourth-order valence-corrected chi connectivity index (χ4v) is 3.68. The lowest BCUT2D eigenvalue weighted by molar-refractivity contribution is -0.159. The molecule has 0 atom stereocenters. The maximum Gasteiger partial charge on any atom is 0.414 e. The normalized spacial score (nSPS) is 11.5. The van der Waals surface area contributed by atoms with Crippen molar-refractivity contribution in [2.24, 2.45) is 0 Å². The Bertz CT molecular complexity index is 1360. The Labute approximate surface area is 207 Å². The molecular formula is C27H25N3O6. The summed E-state index contributed by atoms with van der Waals surface area (Å²) in [6, 6.07) is 24.7. The highest BCUT2D eigenvalue weighted by atomic mass is 16.7. The van der Waals surface area contributed by atoms with Crippen LogP contribution in [0.1, 0.15) is 16.7 Å². The molecule has 0 bridgehead atoms. The number of ether oxygens (including phenoxy) is 2. The summed E-state index contributed by atoms with van der Waals surface area (Å²) in [7, 11) is 0. The van der Waals surface area contributed by atoms with Gasteiger partial charge in [-0.05, 0) is 42.8 Å². The summed E-state index contributed by atoms with van der Waals surface area (Å²) in [5, 5.41) is 23.2. The molecule has 2 heterocycles. The number of fused-ring (bicyclic) bond motifs is 1. The van der Waals surface area contributed by atoms with Gasteiger partial charge in [0.2, 0.25) is 6.79 Å². The van der Waals surface area contributed by atoms with E-state index in [4.69, 9.17) is 34.4 Å². The van der Waals surface area contributed by atoms with Crippen LogP contribution in [0.15, 0.2) is 79.0 Å². The Hall–Kier alpha value is -4.63. The van der Waals surface area contributed by atoms with E-state index in [0.29, 0.717) is 13.3 Å². The molecule has 0 amide bonds. The van der Waals surface area contributed by atoms with Crippen LogP contribution in [0.5, 0.6) is 11.5 Å². The summed E-state index contributed by atoms with van der Waals surface area (Å²) < 4.78 is 12.8. The van der Waals surface area contributed by atoms with E-state index < -0.39 is 11.9 Å². The van der Waals surface area contributed by atoms with Crippen molar-refractivity contribution >= 4 is 11.9 Å². The summed E-state index contributed by atoms with van der Waals surface area (Å²) in [6.45, 7) is 3.85. The van der Waals surface area contributed by atoms with E-state index >= 15 is 0 Å². The molecule has 0 spiro atoms. The number of hydrogen-bond acceptors (Lipinski definition) is 6. The van der Waals surface area contributed by atoms with Gasteiger partial charge in [-0.2, -0.15) is 5.10 Å². The average molecular weight is 488 g/mol. The molecule has 0 saturated carbocycles. The number of aliphatic carboxylic acids is 2. The monoisotopic (exact) mass is 487 g/mol. The van der Waals surface area contributed by atoms with Crippen LogP contribution in [0, 0.1) is 6.92 Å². The van der Waals surface area contributed by atoms with Crippen LogP contribution in [0.25, 0.3) is 16.9 Å². The Balaban J connectivity index is 0.000000455. The van der Waals surface area contributed by atoms with Gasteiger partial charge in [0.05, 0.1) is 11.4 Å². The van der Waals surface area contributed by atoms with E-state index in [9.17, 15) is 0 Å². The second kappa shape index (κ2) is 11.2. The third-order valence-electron chi connectivity index (χ3n) is 5.37. The number of rotatable bonds is 6. The Morgan fingerprint density at radius 3 is 2.39 bits per heavy atom. The number of benzene rings is 3. The minimum atomic E-state index is -1.82. The van der Waals surface area contributed by atoms with Gasteiger partial charge in [-0.1, -0.05) is 48.0 Å². The highest BCUT2D eigenvalue weighted by Gasteiger charge is 2.15. The molecule has 36 heavy (non-hydrogen) atoms. The Morgan fingerprint density at radius 1 is 0.917 bits per heavy atom. The number of carboxylic acid groups (broad SMARTS) is 2. The van der Waals surface area contributed by atoms with Gasteiger partial charge < -0.3 is 25.0 Å². The van der Waals surface area contributed by atoms with Gasteiger partial charge in [-0.15, -0.1) is 0 Å².